The van der Waals surface area contributed by atoms with Gasteiger partial charge in [-0.3, -0.25) is 15.0 Å². The molecule has 1 aromatic heterocycles. The molecule has 254 valence electrons. The largest absolute Gasteiger partial charge is 0.285 e. The maximum absolute atomic E-state index is 4.89. The Kier molecular flexibility index (Phi) is 16.1. The van der Waals surface area contributed by atoms with Crippen molar-refractivity contribution in [2.45, 2.75) is 74.1 Å². The number of rotatable bonds is 16. The minimum Gasteiger partial charge on any atom is -0.285 e. The molecule has 1 heterocycles. The number of hydrogen-bond donors (Lipinski definition) is 0. The van der Waals surface area contributed by atoms with E-state index in [1.54, 1.807) is 6.20 Å². The Morgan fingerprint density at radius 2 is 1.80 bits per heavy atom. The summed E-state index contributed by atoms with van der Waals surface area (Å²) in [4.78, 5) is 14.1. The number of nitrogens with zero attached hydrogens (tertiary/aromatic N) is 3. The van der Waals surface area contributed by atoms with Gasteiger partial charge in [-0.25, -0.2) is 0 Å². The van der Waals surface area contributed by atoms with Gasteiger partial charge >= 0.3 is 0 Å². The number of pyridine rings is 1. The molecule has 0 N–H and O–H groups in total. The standard InChI is InChI=1S/C46H55N3/c1-10-18-42(34(2)3)20-14-15-23-44(45-29-26-35(4)33-37(45)6)24-16-19-41(30-32-48-39(8)43-21-12-11-13-22-43)28-27-36(5)38(7)49-46-25-17-31-47-40(46)9/h10-13,15,17-18,20-22,25-31,33-34,37H,1,5,16,19,23-24,32H2,2-4,6-9H3/b28-27-,41-30-,42-18-,45-44-,48-39+,49-38+. The fourth-order valence-electron chi connectivity index (χ4n) is 5.60. The summed E-state index contributed by atoms with van der Waals surface area (Å²) < 4.78 is 0. The SMILES string of the molecule is C=C/C=C(/C=C=CC/C(CCCC(/C=C\C(=C)/C(C)=N/c1cccnc1C)=C/C/N=C(\C)c1ccccc1)=C1\C=CC(C)=CC1C)C(C)C. The molecular formula is C46H55N3. The summed E-state index contributed by atoms with van der Waals surface area (Å²) in [5, 5.41) is 0. The van der Waals surface area contributed by atoms with Crippen molar-refractivity contribution in [1.29, 1.82) is 0 Å². The monoisotopic (exact) mass is 649 g/mol. The van der Waals surface area contributed by atoms with Crippen LogP contribution in [0.3, 0.4) is 0 Å². The molecule has 1 atom stereocenters. The Balaban J connectivity index is 1.84. The van der Waals surface area contributed by atoms with Crippen molar-refractivity contribution in [1.82, 2.24) is 4.98 Å². The quantitative estimate of drug-likeness (QED) is 0.101. The first-order valence-electron chi connectivity index (χ1n) is 17.5. The van der Waals surface area contributed by atoms with Gasteiger partial charge in [-0.2, -0.15) is 0 Å². The molecular weight excluding hydrogens is 595 g/mol. The van der Waals surface area contributed by atoms with E-state index in [0.29, 0.717) is 18.4 Å². The second-order valence-corrected chi connectivity index (χ2v) is 13.0. The second kappa shape index (κ2) is 20.5. The number of aliphatic imine (C=N–C) groups is 2. The summed E-state index contributed by atoms with van der Waals surface area (Å²) in [7, 11) is 0. The first-order chi connectivity index (χ1) is 23.6. The molecule has 0 saturated heterocycles. The Morgan fingerprint density at radius 1 is 1.02 bits per heavy atom. The van der Waals surface area contributed by atoms with Crippen LogP contribution < -0.4 is 0 Å². The molecule has 1 aliphatic rings. The summed E-state index contributed by atoms with van der Waals surface area (Å²) in [6.45, 7) is 23.7. The van der Waals surface area contributed by atoms with Crippen LogP contribution in [0.25, 0.3) is 0 Å². The van der Waals surface area contributed by atoms with Crippen LogP contribution in [0.4, 0.5) is 5.69 Å². The minimum atomic E-state index is 0.392. The molecule has 0 saturated carbocycles. The van der Waals surface area contributed by atoms with Crippen LogP contribution in [0.1, 0.15) is 78.5 Å². The maximum Gasteiger partial charge on any atom is 0.0845 e. The third-order valence-electron chi connectivity index (χ3n) is 8.68. The lowest BCUT2D eigenvalue weighted by molar-refractivity contribution is 0.761. The molecule has 3 nitrogen and oxygen atoms in total. The Labute approximate surface area is 296 Å². The lowest BCUT2D eigenvalue weighted by Crippen LogP contribution is -2.03. The number of allylic oxidation sites excluding steroid dienone is 14. The van der Waals surface area contributed by atoms with Crippen LogP contribution in [0.2, 0.25) is 0 Å². The lowest BCUT2D eigenvalue weighted by atomic mass is 9.86. The number of aryl methyl sites for hydroxylation is 1. The van der Waals surface area contributed by atoms with Crippen LogP contribution in [0, 0.1) is 18.8 Å². The third-order valence-corrected chi connectivity index (χ3v) is 8.68. The molecule has 3 heteroatoms. The Bertz CT molecular complexity index is 1760. The van der Waals surface area contributed by atoms with E-state index in [2.05, 4.69) is 137 Å². The van der Waals surface area contributed by atoms with E-state index < -0.39 is 0 Å². The van der Waals surface area contributed by atoms with Gasteiger partial charge in [-0.05, 0) is 112 Å². The second-order valence-electron chi connectivity index (χ2n) is 13.0. The molecule has 0 amide bonds. The summed E-state index contributed by atoms with van der Waals surface area (Å²) in [5.74, 6) is 0.819. The predicted molar refractivity (Wildman–Crippen MR) is 215 cm³/mol. The predicted octanol–water partition coefficient (Wildman–Crippen LogP) is 12.5. The summed E-state index contributed by atoms with van der Waals surface area (Å²) in [6.07, 6.45) is 27.3. The molecule has 49 heavy (non-hydrogen) atoms. The van der Waals surface area contributed by atoms with E-state index in [0.717, 1.165) is 59.6 Å². The van der Waals surface area contributed by atoms with Crippen LogP contribution in [0.15, 0.2) is 172 Å². The van der Waals surface area contributed by atoms with Gasteiger partial charge in [0.2, 0.25) is 0 Å². The van der Waals surface area contributed by atoms with Gasteiger partial charge in [-0.15, -0.1) is 5.73 Å². The smallest absolute Gasteiger partial charge is 0.0845 e. The highest BCUT2D eigenvalue weighted by Gasteiger charge is 2.13. The minimum absolute atomic E-state index is 0.392. The molecule has 1 unspecified atom stereocenters. The van der Waals surface area contributed by atoms with Gasteiger partial charge < -0.3 is 0 Å². The average molecular weight is 650 g/mol. The van der Waals surface area contributed by atoms with Crippen molar-refractivity contribution in [2.75, 3.05) is 6.54 Å². The van der Waals surface area contributed by atoms with E-state index in [4.69, 9.17) is 9.98 Å². The molecule has 0 radical (unpaired) electrons. The summed E-state index contributed by atoms with van der Waals surface area (Å²) in [6, 6.07) is 14.3. The van der Waals surface area contributed by atoms with Crippen LogP contribution in [-0.4, -0.2) is 23.0 Å². The zero-order chi connectivity index (χ0) is 35.6. The molecule has 0 aliphatic heterocycles. The van der Waals surface area contributed by atoms with Crippen molar-refractivity contribution in [3.63, 3.8) is 0 Å². The normalized spacial score (nSPS) is 16.8. The Hall–Kier alpha value is -4.85. The van der Waals surface area contributed by atoms with Crippen LogP contribution in [0.5, 0.6) is 0 Å². The molecule has 3 rings (SSSR count). The molecule has 2 aromatic rings. The fraction of sp³-hybridized carbons (Fsp3) is 0.304. The number of aromatic nitrogens is 1. The molecule has 1 aliphatic carbocycles. The van der Waals surface area contributed by atoms with Gasteiger partial charge in [0.25, 0.3) is 0 Å². The zero-order valence-corrected chi connectivity index (χ0v) is 30.8. The number of hydrogen-bond acceptors (Lipinski definition) is 3. The van der Waals surface area contributed by atoms with E-state index in [9.17, 15) is 0 Å². The highest BCUT2D eigenvalue weighted by Crippen LogP contribution is 2.30. The van der Waals surface area contributed by atoms with Gasteiger partial charge in [0, 0.05) is 17.6 Å². The summed E-state index contributed by atoms with van der Waals surface area (Å²) >= 11 is 0. The Morgan fingerprint density at radius 3 is 2.49 bits per heavy atom. The first kappa shape index (κ1) is 38.6. The molecule has 1 aromatic carbocycles. The molecule has 0 bridgehead atoms. The fourth-order valence-corrected chi connectivity index (χ4v) is 5.60. The topological polar surface area (TPSA) is 37.6 Å². The van der Waals surface area contributed by atoms with Gasteiger partial charge in [0.1, 0.15) is 0 Å². The maximum atomic E-state index is 4.89. The third kappa shape index (κ3) is 13.3. The number of benzene rings is 1. The van der Waals surface area contributed by atoms with Gasteiger partial charge in [-0.1, -0.05) is 130 Å². The van der Waals surface area contributed by atoms with E-state index in [-0.39, 0.29) is 0 Å². The van der Waals surface area contributed by atoms with E-state index >= 15 is 0 Å². The van der Waals surface area contributed by atoms with E-state index in [1.165, 1.54) is 27.9 Å². The van der Waals surface area contributed by atoms with Crippen LogP contribution >= 0.6 is 0 Å². The lowest BCUT2D eigenvalue weighted by Gasteiger charge is -2.19. The van der Waals surface area contributed by atoms with Gasteiger partial charge in [0.15, 0.2) is 0 Å². The van der Waals surface area contributed by atoms with Crippen molar-refractivity contribution in [3.8, 4) is 0 Å². The van der Waals surface area contributed by atoms with Gasteiger partial charge in [0.05, 0.1) is 17.9 Å². The van der Waals surface area contributed by atoms with E-state index in [1.807, 2.05) is 38.1 Å². The average Bonchev–Trinajstić information content (AvgIpc) is 3.08. The van der Waals surface area contributed by atoms with Crippen molar-refractivity contribution in [3.05, 3.63) is 173 Å². The highest BCUT2D eigenvalue weighted by molar-refractivity contribution is 6.01. The van der Waals surface area contributed by atoms with Crippen LogP contribution in [-0.2, 0) is 0 Å². The van der Waals surface area contributed by atoms with Crippen molar-refractivity contribution in [2.24, 2.45) is 21.8 Å². The molecule has 0 spiro atoms. The first-order valence-corrected chi connectivity index (χ1v) is 17.5. The zero-order valence-electron chi connectivity index (χ0n) is 30.8. The molecule has 0 fully saturated rings. The van der Waals surface area contributed by atoms with Crippen molar-refractivity contribution < 1.29 is 0 Å². The summed E-state index contributed by atoms with van der Waals surface area (Å²) in [5.41, 5.74) is 15.9. The highest BCUT2D eigenvalue weighted by atomic mass is 14.8. The van der Waals surface area contributed by atoms with Crippen molar-refractivity contribution >= 4 is 17.1 Å².